The van der Waals surface area contributed by atoms with Crippen LogP contribution in [0, 0.1) is 24.8 Å². The Labute approximate surface area is 399 Å². The van der Waals surface area contributed by atoms with Gasteiger partial charge in [0.1, 0.15) is 11.2 Å². The van der Waals surface area contributed by atoms with E-state index in [0.717, 1.165) is 126 Å². The summed E-state index contributed by atoms with van der Waals surface area (Å²) in [6.45, 7) is 11.6. The number of aromatic nitrogens is 4. The highest BCUT2D eigenvalue weighted by Crippen LogP contribution is 2.52. The fourth-order valence-electron chi connectivity index (χ4n) is 11.9. The highest BCUT2D eigenvalue weighted by atomic mass is 16.3. The van der Waals surface area contributed by atoms with E-state index in [1.807, 2.05) is 12.1 Å². The van der Waals surface area contributed by atoms with Gasteiger partial charge in [0.15, 0.2) is 0 Å². The first-order valence-corrected chi connectivity index (χ1v) is 23.5. The predicted molar refractivity (Wildman–Crippen MR) is 287 cm³/mol. The summed E-state index contributed by atoms with van der Waals surface area (Å²) in [5.41, 5.74) is 13.4. The van der Waals surface area contributed by atoms with Gasteiger partial charge in [0, 0.05) is 48.5 Å². The van der Waals surface area contributed by atoms with E-state index in [-0.39, 0.29) is 11.3 Å². The molecular weight excluding hydrogens is 857 g/mol. The fourth-order valence-corrected chi connectivity index (χ4v) is 11.9. The zero-order valence-corrected chi connectivity index (χ0v) is 37.6. The number of hydrogen-bond acceptors (Lipinski definition) is 2. The average Bonchev–Trinajstić information content (AvgIpc) is 4.21. The lowest BCUT2D eigenvalue weighted by molar-refractivity contribution is 0.669. The maximum atomic E-state index is 12.3. The molecule has 15 aromatic rings. The molecule has 70 heavy (non-hydrogen) atoms. The first-order valence-electron chi connectivity index (χ1n) is 23.5. The van der Waals surface area contributed by atoms with E-state index < -0.39 is 0 Å². The second kappa shape index (κ2) is 14.1. The van der Waals surface area contributed by atoms with Crippen LogP contribution >= 0.6 is 0 Å². The second-order valence-corrected chi connectivity index (χ2v) is 18.2. The van der Waals surface area contributed by atoms with Crippen molar-refractivity contribution in [1.29, 1.82) is 5.26 Å². The van der Waals surface area contributed by atoms with Crippen molar-refractivity contribution < 1.29 is 4.42 Å². The molecule has 324 valence electrons. The van der Waals surface area contributed by atoms with Crippen LogP contribution in [0.4, 0.5) is 5.69 Å². The van der Waals surface area contributed by atoms with Gasteiger partial charge < -0.3 is 22.7 Å². The summed E-state index contributed by atoms with van der Waals surface area (Å²) < 4.78 is 15.9. The number of rotatable bonds is 4. The predicted octanol–water partition coefficient (Wildman–Crippen LogP) is 16.7. The maximum Gasteiger partial charge on any atom is 0.232 e. The number of nitrogens with zero attached hydrogens (tertiary/aromatic N) is 6. The summed E-state index contributed by atoms with van der Waals surface area (Å²) in [6, 6.07) is 72.8. The first-order chi connectivity index (χ1) is 34.6. The first kappa shape index (κ1) is 38.3. The molecule has 0 radical (unpaired) electrons. The van der Waals surface area contributed by atoms with Gasteiger partial charge in [0.25, 0.3) is 0 Å². The summed E-state index contributed by atoms with van der Waals surface area (Å²) in [7, 11) is 0. The molecule has 0 unspecified atom stereocenters. The van der Waals surface area contributed by atoms with E-state index in [9.17, 15) is 11.8 Å². The van der Waals surface area contributed by atoms with Crippen LogP contribution in [-0.4, -0.2) is 18.3 Å². The Morgan fingerprint density at radius 1 is 0.400 bits per heavy atom. The molecule has 0 spiro atoms. The standard InChI is InChI=1S/C63H36N6O/c1-37-31-33-54-46(35-37)44-32-34-56-57(45-23-9-16-30-55(45)70-56)59(44)69(54)60-47(36-64)58(65-2)61(66-48-24-10-3-17-38(48)39-18-4-11-25-49(39)66)63(68-52-28-14-7-21-42(52)43-22-8-15-29-53(43)68)62(60)67-50-26-12-5-19-40(50)41-20-6-13-27-51(41)67/h3-35H,1H3. The lowest BCUT2D eigenvalue weighted by Gasteiger charge is -2.28. The van der Waals surface area contributed by atoms with Crippen LogP contribution in [0.5, 0.6) is 0 Å². The van der Waals surface area contributed by atoms with E-state index in [4.69, 9.17) is 4.42 Å². The quantitative estimate of drug-likeness (QED) is 0.165. The average molecular weight is 893 g/mol. The topological polar surface area (TPSA) is 61.0 Å². The Kier molecular flexibility index (Phi) is 7.72. The number of aryl methyl sites for hydroxylation is 1. The van der Waals surface area contributed by atoms with Crippen LogP contribution in [0.2, 0.25) is 0 Å². The number of para-hydroxylation sites is 7. The smallest absolute Gasteiger partial charge is 0.232 e. The molecule has 0 amide bonds. The lowest BCUT2D eigenvalue weighted by atomic mass is 10.0. The number of hydrogen-bond donors (Lipinski definition) is 0. The molecule has 0 aliphatic rings. The van der Waals surface area contributed by atoms with Gasteiger partial charge in [-0.25, -0.2) is 4.85 Å². The molecule has 7 heteroatoms. The van der Waals surface area contributed by atoms with Crippen molar-refractivity contribution in [3.05, 3.63) is 223 Å². The largest absolute Gasteiger partial charge is 0.456 e. The highest BCUT2D eigenvalue weighted by molar-refractivity contribution is 6.25. The van der Waals surface area contributed by atoms with Crippen molar-refractivity contribution in [1.82, 2.24) is 18.3 Å². The number of nitriles is 1. The van der Waals surface area contributed by atoms with Gasteiger partial charge in [-0.1, -0.05) is 139 Å². The molecule has 5 heterocycles. The number of benzene rings is 10. The molecule has 0 aliphatic heterocycles. The minimum atomic E-state index is 0.247. The van der Waals surface area contributed by atoms with Gasteiger partial charge in [-0.05, 0) is 73.7 Å². The van der Waals surface area contributed by atoms with Crippen LogP contribution in [-0.2, 0) is 0 Å². The van der Waals surface area contributed by atoms with Gasteiger partial charge in [-0.3, -0.25) is 0 Å². The van der Waals surface area contributed by atoms with Crippen LogP contribution in [0.1, 0.15) is 11.1 Å². The molecule has 0 bridgehead atoms. The molecule has 0 saturated carbocycles. The summed E-state index contributed by atoms with van der Waals surface area (Å²) in [5.74, 6) is 0. The summed E-state index contributed by atoms with van der Waals surface area (Å²) in [4.78, 5) is 4.59. The number of furan rings is 1. The summed E-state index contributed by atoms with van der Waals surface area (Å²) >= 11 is 0. The van der Waals surface area contributed by atoms with Crippen LogP contribution in [0.3, 0.4) is 0 Å². The van der Waals surface area contributed by atoms with Gasteiger partial charge in [0.05, 0.1) is 90.5 Å². The Hall–Kier alpha value is -9.82. The van der Waals surface area contributed by atoms with Gasteiger partial charge in [0.2, 0.25) is 5.69 Å². The zero-order chi connectivity index (χ0) is 46.4. The van der Waals surface area contributed by atoms with Gasteiger partial charge in [-0.15, -0.1) is 0 Å². The van der Waals surface area contributed by atoms with Gasteiger partial charge >= 0.3 is 0 Å². The fraction of sp³-hybridized carbons (Fsp3) is 0.0159. The molecule has 0 atom stereocenters. The van der Waals surface area contributed by atoms with Crippen LogP contribution < -0.4 is 0 Å². The van der Waals surface area contributed by atoms with E-state index in [0.29, 0.717) is 11.4 Å². The third-order valence-corrected chi connectivity index (χ3v) is 14.7. The van der Waals surface area contributed by atoms with Crippen LogP contribution in [0.15, 0.2) is 205 Å². The normalized spacial score (nSPS) is 12.0. The molecule has 0 N–H and O–H groups in total. The zero-order valence-electron chi connectivity index (χ0n) is 37.6. The van der Waals surface area contributed by atoms with Gasteiger partial charge in [-0.2, -0.15) is 5.26 Å². The Bertz CT molecular complexity index is 4720. The van der Waals surface area contributed by atoms with E-state index in [1.54, 1.807) is 0 Å². The monoisotopic (exact) mass is 892 g/mol. The minimum absolute atomic E-state index is 0.247. The molecule has 5 aromatic heterocycles. The maximum absolute atomic E-state index is 12.3. The van der Waals surface area contributed by atoms with E-state index in [2.05, 4.69) is 224 Å². The second-order valence-electron chi connectivity index (χ2n) is 18.2. The summed E-state index contributed by atoms with van der Waals surface area (Å²) in [5, 5.41) is 22.6. The highest BCUT2D eigenvalue weighted by Gasteiger charge is 2.35. The van der Waals surface area contributed by atoms with Crippen molar-refractivity contribution in [2.24, 2.45) is 0 Å². The minimum Gasteiger partial charge on any atom is -0.456 e. The lowest BCUT2D eigenvalue weighted by Crippen LogP contribution is -2.15. The Morgan fingerprint density at radius 3 is 1.29 bits per heavy atom. The van der Waals surface area contributed by atoms with Crippen molar-refractivity contribution in [3.8, 4) is 28.8 Å². The third kappa shape index (κ3) is 4.89. The van der Waals surface area contributed by atoms with Crippen molar-refractivity contribution in [2.75, 3.05) is 0 Å². The Balaban J connectivity index is 1.32. The van der Waals surface area contributed by atoms with E-state index in [1.165, 1.54) is 0 Å². The van der Waals surface area contributed by atoms with Crippen molar-refractivity contribution in [3.63, 3.8) is 0 Å². The Morgan fingerprint density at radius 2 is 0.814 bits per heavy atom. The van der Waals surface area contributed by atoms with Crippen molar-refractivity contribution >= 4 is 115 Å². The number of fused-ring (bicyclic) bond motifs is 16. The SMILES string of the molecule is [C-]#[N+]c1c(C#N)c(-n2c3ccc(C)cc3c3ccc4oc5ccccc5c4c32)c(-n2c3ccccc3c3ccccc32)c(-n2c3ccccc3c3ccccc32)c1-n1c2ccccc2c2ccccc21. The molecule has 10 aromatic carbocycles. The molecule has 15 rings (SSSR count). The molecular formula is C63H36N6O. The molecule has 0 aliphatic carbocycles. The third-order valence-electron chi connectivity index (χ3n) is 14.7. The molecule has 0 fully saturated rings. The summed E-state index contributed by atoms with van der Waals surface area (Å²) in [6.07, 6.45) is 0. The van der Waals surface area contributed by atoms with Crippen LogP contribution in [0.25, 0.3) is 137 Å². The molecule has 7 nitrogen and oxygen atoms in total. The molecule has 0 saturated heterocycles. The van der Waals surface area contributed by atoms with Crippen molar-refractivity contribution in [2.45, 2.75) is 6.92 Å². The van der Waals surface area contributed by atoms with E-state index >= 15 is 0 Å².